The van der Waals surface area contributed by atoms with Crippen molar-refractivity contribution in [3.8, 4) is 0 Å². The molecule has 0 bridgehead atoms. The Labute approximate surface area is 188 Å². The normalized spacial score (nSPS) is 13.2. The number of hydrazone groups is 1. The van der Waals surface area contributed by atoms with Crippen LogP contribution in [0.5, 0.6) is 0 Å². The van der Waals surface area contributed by atoms with Crippen LogP contribution in [0.3, 0.4) is 0 Å². The maximum atomic E-state index is 8.92. The van der Waals surface area contributed by atoms with E-state index in [-0.39, 0.29) is 6.61 Å². The summed E-state index contributed by atoms with van der Waals surface area (Å²) in [5.41, 5.74) is 12.9. The van der Waals surface area contributed by atoms with Gasteiger partial charge in [-0.15, -0.1) is 0 Å². The molecule has 1 aliphatic heterocycles. The first-order valence-electron chi connectivity index (χ1n) is 10.5. The summed E-state index contributed by atoms with van der Waals surface area (Å²) in [6, 6.07) is 9.94. The summed E-state index contributed by atoms with van der Waals surface area (Å²) in [7, 11) is 2.12. The number of likely N-dealkylation sites (N-methyl/N-ethyl adjacent to an activating group) is 1. The third-order valence-corrected chi connectivity index (χ3v) is 3.49. The summed E-state index contributed by atoms with van der Waals surface area (Å²) in [6.07, 6.45) is 6.52. The Morgan fingerprint density at radius 3 is 2.16 bits per heavy atom. The van der Waals surface area contributed by atoms with Crippen molar-refractivity contribution < 1.29 is 14.7 Å². The summed E-state index contributed by atoms with van der Waals surface area (Å²) in [4.78, 5) is 19.2. The average Bonchev–Trinajstić information content (AvgIpc) is 2.84. The van der Waals surface area contributed by atoms with Gasteiger partial charge >= 0.3 is 0 Å². The molecule has 1 aromatic carbocycles. The maximum Gasteiger partial charge on any atom is 0.145 e. The second-order valence-electron chi connectivity index (χ2n) is 6.09. The minimum Gasteiger partial charge on any atom is -0.404 e. The highest BCUT2D eigenvalue weighted by Crippen LogP contribution is 2.16. The summed E-state index contributed by atoms with van der Waals surface area (Å²) >= 11 is 0. The molecule has 31 heavy (non-hydrogen) atoms. The zero-order valence-electron chi connectivity index (χ0n) is 20.1. The second-order valence-corrected chi connectivity index (χ2v) is 6.09. The van der Waals surface area contributed by atoms with Gasteiger partial charge in [0.15, 0.2) is 0 Å². The summed E-state index contributed by atoms with van der Waals surface area (Å²) < 4.78 is 0. The Morgan fingerprint density at radius 1 is 1.26 bits per heavy atom. The molecule has 0 aromatic heterocycles. The van der Waals surface area contributed by atoms with Crippen molar-refractivity contribution in [1.29, 1.82) is 0 Å². The van der Waals surface area contributed by atoms with Crippen molar-refractivity contribution in [2.45, 2.75) is 47.5 Å². The van der Waals surface area contributed by atoms with Crippen LogP contribution >= 0.6 is 0 Å². The van der Waals surface area contributed by atoms with E-state index in [4.69, 9.17) is 20.4 Å². The number of hydrogen-bond acceptors (Lipinski definition) is 7. The van der Waals surface area contributed by atoms with E-state index in [1.807, 2.05) is 57.9 Å². The average molecular weight is 435 g/mol. The van der Waals surface area contributed by atoms with E-state index < -0.39 is 0 Å². The van der Waals surface area contributed by atoms with Gasteiger partial charge in [-0.2, -0.15) is 5.10 Å². The summed E-state index contributed by atoms with van der Waals surface area (Å²) in [5.74, 6) is 0. The van der Waals surface area contributed by atoms with Crippen LogP contribution in [0, 0.1) is 0 Å². The third-order valence-electron chi connectivity index (χ3n) is 3.49. The van der Waals surface area contributed by atoms with Crippen LogP contribution < -0.4 is 11.2 Å². The summed E-state index contributed by atoms with van der Waals surface area (Å²) in [5, 5.41) is 12.1. The van der Waals surface area contributed by atoms with Crippen LogP contribution in [-0.2, 0) is 9.59 Å². The van der Waals surface area contributed by atoms with Crippen molar-refractivity contribution in [1.82, 2.24) is 4.90 Å². The minimum absolute atomic E-state index is 0.361. The van der Waals surface area contributed by atoms with Crippen LogP contribution in [0.4, 0.5) is 5.69 Å². The number of carbonyl (C=O) groups excluding carboxylic acids is 2. The Balaban J connectivity index is -0.000000605. The number of aliphatic hydroxyl groups is 1. The van der Waals surface area contributed by atoms with Gasteiger partial charge < -0.3 is 25.3 Å². The number of aldehydes is 1. The fourth-order valence-corrected chi connectivity index (χ4v) is 2.11. The molecule has 0 saturated carbocycles. The number of allylic oxidation sites excluding steroid dienone is 1. The monoisotopic (exact) mass is 434 g/mol. The van der Waals surface area contributed by atoms with Crippen LogP contribution in [0.2, 0.25) is 0 Å². The number of aliphatic hydroxyl groups excluding tert-OH is 1. The third kappa shape index (κ3) is 17.8. The van der Waals surface area contributed by atoms with Gasteiger partial charge in [0.2, 0.25) is 0 Å². The lowest BCUT2D eigenvalue weighted by Gasteiger charge is -2.23. The molecule has 7 heteroatoms. The highest BCUT2D eigenvalue weighted by Gasteiger charge is 2.14. The molecule has 0 aliphatic carbocycles. The SMILES string of the molecule is C=O.CC.CC(=C\N)/C(=N\Nc1ccccc1)C1=CCN(C)CC1.CCC.O=CCO. The standard InChI is InChI=1S/C16H22N4.C3H8.C2H4O2.C2H6.CH2O/c1-13(12-17)16(14-8-10-20(2)11-9-14)19-18-15-6-4-3-5-7-15;1-3-2;3-1-2-4;2*1-2/h3-8,12,18H,9-11,17H2,1-2H3;3H2,1-2H3;1,4H,2H2;1-2H3;1H2/b13-12+,19-16+;;;;. The molecule has 0 spiro atoms. The Morgan fingerprint density at radius 2 is 1.77 bits per heavy atom. The fourth-order valence-electron chi connectivity index (χ4n) is 2.11. The van der Waals surface area contributed by atoms with E-state index in [1.165, 1.54) is 12.0 Å². The second kappa shape index (κ2) is 25.3. The van der Waals surface area contributed by atoms with Crippen LogP contribution in [-0.4, -0.2) is 55.5 Å². The van der Waals surface area contributed by atoms with E-state index in [0.29, 0.717) is 6.29 Å². The van der Waals surface area contributed by atoms with Gasteiger partial charge in [0.25, 0.3) is 0 Å². The number of para-hydroxylation sites is 1. The van der Waals surface area contributed by atoms with E-state index in [0.717, 1.165) is 36.5 Å². The number of carbonyl (C=O) groups is 2. The lowest BCUT2D eigenvalue weighted by atomic mass is 9.99. The van der Waals surface area contributed by atoms with Gasteiger partial charge in [-0.25, -0.2) is 0 Å². The number of hydrogen-bond donors (Lipinski definition) is 3. The minimum atomic E-state index is -0.361. The van der Waals surface area contributed by atoms with Gasteiger partial charge in [0.05, 0.1) is 18.0 Å². The van der Waals surface area contributed by atoms with E-state index in [1.54, 1.807) is 6.20 Å². The largest absolute Gasteiger partial charge is 0.404 e. The quantitative estimate of drug-likeness (QED) is 0.367. The number of anilines is 1. The van der Waals surface area contributed by atoms with E-state index in [9.17, 15) is 0 Å². The molecule has 2 rings (SSSR count). The molecule has 0 fully saturated rings. The van der Waals surface area contributed by atoms with Crippen LogP contribution in [0.25, 0.3) is 0 Å². The number of benzene rings is 1. The molecule has 0 radical (unpaired) electrons. The topological polar surface area (TPSA) is 108 Å². The molecule has 1 heterocycles. The number of nitrogens with two attached hydrogens (primary N) is 1. The van der Waals surface area contributed by atoms with Gasteiger partial charge in [-0.05, 0) is 49.9 Å². The van der Waals surface area contributed by atoms with Crippen molar-refractivity contribution in [3.63, 3.8) is 0 Å². The maximum absolute atomic E-state index is 8.92. The first kappa shape index (κ1) is 32.9. The van der Waals surface area contributed by atoms with Crippen LogP contribution in [0.1, 0.15) is 47.5 Å². The molecule has 0 saturated heterocycles. The Bertz CT molecular complexity index is 629. The van der Waals surface area contributed by atoms with E-state index >= 15 is 0 Å². The predicted molar refractivity (Wildman–Crippen MR) is 133 cm³/mol. The highest BCUT2D eigenvalue weighted by molar-refractivity contribution is 6.12. The first-order valence-corrected chi connectivity index (χ1v) is 10.5. The van der Waals surface area contributed by atoms with Gasteiger partial charge in [-0.3, -0.25) is 5.43 Å². The Kier molecular flexibility index (Phi) is 26.8. The van der Waals surface area contributed by atoms with Gasteiger partial charge in [-0.1, -0.05) is 58.4 Å². The molecule has 0 atom stereocenters. The van der Waals surface area contributed by atoms with Crippen molar-refractivity contribution >= 4 is 24.5 Å². The van der Waals surface area contributed by atoms with Crippen molar-refractivity contribution in [2.24, 2.45) is 10.8 Å². The Hall–Kier alpha value is -2.77. The zero-order valence-corrected chi connectivity index (χ0v) is 20.1. The lowest BCUT2D eigenvalue weighted by molar-refractivity contribution is -0.110. The predicted octanol–water partition coefficient (Wildman–Crippen LogP) is 4.01. The highest BCUT2D eigenvalue weighted by atomic mass is 16.3. The lowest BCUT2D eigenvalue weighted by Crippen LogP contribution is -2.27. The number of rotatable bonds is 5. The molecule has 1 aliphatic rings. The molecule has 176 valence electrons. The molecular weight excluding hydrogens is 392 g/mol. The fraction of sp³-hybridized carbons (Fsp3) is 0.458. The molecule has 0 amide bonds. The molecule has 1 aromatic rings. The molecule has 4 N–H and O–H groups in total. The van der Waals surface area contributed by atoms with Gasteiger partial charge in [0, 0.05) is 13.1 Å². The van der Waals surface area contributed by atoms with Crippen LogP contribution in [0.15, 0.2) is 58.9 Å². The van der Waals surface area contributed by atoms with Gasteiger partial charge in [0.1, 0.15) is 13.1 Å². The van der Waals surface area contributed by atoms with Crippen molar-refractivity contribution in [2.75, 3.05) is 32.2 Å². The smallest absolute Gasteiger partial charge is 0.145 e. The van der Waals surface area contributed by atoms with Crippen molar-refractivity contribution in [3.05, 3.63) is 53.8 Å². The zero-order chi connectivity index (χ0) is 24.5. The number of nitrogens with one attached hydrogen (secondary N) is 1. The summed E-state index contributed by atoms with van der Waals surface area (Å²) in [6.45, 7) is 13.9. The molecule has 0 unspecified atom stereocenters. The number of nitrogens with zero attached hydrogens (tertiary/aromatic N) is 2. The molecular formula is C24H42N4O3. The molecule has 7 nitrogen and oxygen atoms in total. The first-order chi connectivity index (χ1) is 15.0. The van der Waals surface area contributed by atoms with E-state index in [2.05, 4.69) is 42.4 Å².